The third-order valence-corrected chi connectivity index (χ3v) is 3.30. The Morgan fingerprint density at radius 3 is 2.67 bits per heavy atom. The highest BCUT2D eigenvalue weighted by Crippen LogP contribution is 2.21. The monoisotopic (exact) mass is 335 g/mol. The highest BCUT2D eigenvalue weighted by Gasteiger charge is 2.31. The van der Waals surface area contributed by atoms with E-state index in [2.05, 4.69) is 14.7 Å². The van der Waals surface area contributed by atoms with Crippen LogP contribution in [0, 0.1) is 0 Å². The number of ether oxygens (including phenoxy) is 1. The molecule has 24 heavy (non-hydrogen) atoms. The Morgan fingerprint density at radius 1 is 1.12 bits per heavy atom. The molecule has 0 unspecified atom stereocenters. The van der Waals surface area contributed by atoms with E-state index in [1.807, 2.05) is 22.6 Å². The van der Waals surface area contributed by atoms with Crippen LogP contribution in [0.15, 0.2) is 48.9 Å². The van der Waals surface area contributed by atoms with Crippen LogP contribution in [0.2, 0.25) is 0 Å². The van der Waals surface area contributed by atoms with Gasteiger partial charge in [-0.25, -0.2) is 4.98 Å². The summed E-state index contributed by atoms with van der Waals surface area (Å²) in [5.74, 6) is -0.518. The maximum absolute atomic E-state index is 12.2. The molecule has 3 rings (SSSR count). The lowest BCUT2D eigenvalue weighted by Crippen LogP contribution is -2.17. The molecular weight excluding hydrogens is 323 g/mol. The summed E-state index contributed by atoms with van der Waals surface area (Å²) in [5.41, 5.74) is 1.91. The molecule has 0 saturated heterocycles. The summed E-state index contributed by atoms with van der Waals surface area (Å²) in [5, 5.41) is 0. The van der Waals surface area contributed by atoms with E-state index in [0.29, 0.717) is 5.69 Å². The number of hydrogen-bond donors (Lipinski definition) is 0. The van der Waals surface area contributed by atoms with Crippen molar-refractivity contribution in [1.29, 1.82) is 0 Å². The van der Waals surface area contributed by atoms with Crippen LogP contribution in [0.25, 0.3) is 5.65 Å². The Kier molecular flexibility index (Phi) is 4.20. The van der Waals surface area contributed by atoms with E-state index in [9.17, 15) is 18.0 Å². The van der Waals surface area contributed by atoms with Crippen molar-refractivity contribution in [1.82, 2.24) is 14.4 Å². The predicted octanol–water partition coefficient (Wildman–Crippen LogP) is 2.98. The fourth-order valence-electron chi connectivity index (χ4n) is 2.33. The number of hydrogen-bond acceptors (Lipinski definition) is 4. The predicted molar refractivity (Wildman–Crippen MR) is 78.5 cm³/mol. The lowest BCUT2D eigenvalue weighted by molar-refractivity contribution is -0.274. The molecule has 3 aromatic heterocycles. The average molecular weight is 335 g/mol. The van der Waals surface area contributed by atoms with Crippen LogP contribution in [-0.4, -0.2) is 26.5 Å². The number of fused-ring (bicyclic) bond motifs is 1. The van der Waals surface area contributed by atoms with Gasteiger partial charge in [0.25, 0.3) is 0 Å². The average Bonchev–Trinajstić information content (AvgIpc) is 2.97. The molecule has 124 valence electrons. The van der Waals surface area contributed by atoms with Crippen LogP contribution in [-0.2, 0) is 17.6 Å². The molecule has 0 radical (unpaired) electrons. The maximum atomic E-state index is 12.2. The first kappa shape index (κ1) is 16.0. The summed E-state index contributed by atoms with van der Waals surface area (Å²) < 4.78 is 41.8. The van der Waals surface area contributed by atoms with Crippen molar-refractivity contribution in [2.75, 3.05) is 0 Å². The van der Waals surface area contributed by atoms with Crippen molar-refractivity contribution < 1.29 is 22.7 Å². The van der Waals surface area contributed by atoms with Gasteiger partial charge in [-0.2, -0.15) is 0 Å². The van der Waals surface area contributed by atoms with E-state index in [1.54, 1.807) is 12.4 Å². The summed E-state index contributed by atoms with van der Waals surface area (Å²) in [6.45, 7) is 0. The van der Waals surface area contributed by atoms with Gasteiger partial charge >= 0.3 is 6.36 Å². The number of nitrogens with zero attached hydrogens (tertiary/aromatic N) is 3. The fraction of sp³-hybridized carbons (Fsp3) is 0.188. The number of carbonyl (C=O) groups is 1. The quantitative estimate of drug-likeness (QED) is 0.719. The largest absolute Gasteiger partial charge is 0.573 e. The molecule has 3 heterocycles. The van der Waals surface area contributed by atoms with Gasteiger partial charge < -0.3 is 9.14 Å². The van der Waals surface area contributed by atoms with Crippen LogP contribution >= 0.6 is 0 Å². The van der Waals surface area contributed by atoms with E-state index in [-0.39, 0.29) is 18.6 Å². The third kappa shape index (κ3) is 3.89. The van der Waals surface area contributed by atoms with Gasteiger partial charge in [0.15, 0.2) is 0 Å². The second-order valence-electron chi connectivity index (χ2n) is 5.10. The highest BCUT2D eigenvalue weighted by atomic mass is 19.4. The molecule has 0 aromatic carbocycles. The second kappa shape index (κ2) is 6.31. The fourth-order valence-corrected chi connectivity index (χ4v) is 2.33. The van der Waals surface area contributed by atoms with Crippen LogP contribution in [0.5, 0.6) is 5.75 Å². The molecular formula is C16H12F3N3O2. The third-order valence-electron chi connectivity index (χ3n) is 3.30. The minimum atomic E-state index is -4.76. The van der Waals surface area contributed by atoms with Crippen molar-refractivity contribution >= 4 is 11.4 Å². The van der Waals surface area contributed by atoms with Crippen LogP contribution in [0.4, 0.5) is 13.2 Å². The van der Waals surface area contributed by atoms with E-state index >= 15 is 0 Å². The van der Waals surface area contributed by atoms with Gasteiger partial charge in [-0.3, -0.25) is 9.78 Å². The smallest absolute Gasteiger partial charge is 0.404 e. The van der Waals surface area contributed by atoms with Crippen LogP contribution in [0.1, 0.15) is 11.4 Å². The molecule has 0 aliphatic carbocycles. The van der Waals surface area contributed by atoms with Gasteiger partial charge in [-0.05, 0) is 24.3 Å². The van der Waals surface area contributed by atoms with Crippen molar-refractivity contribution in [3.05, 3.63) is 60.3 Å². The molecule has 0 saturated carbocycles. The van der Waals surface area contributed by atoms with Crippen molar-refractivity contribution in [2.24, 2.45) is 0 Å². The number of Topliss-reactive ketones (excluding diaryl/α,β-unsaturated/α-hetero) is 1. The Labute approximate surface area is 134 Å². The van der Waals surface area contributed by atoms with Crippen molar-refractivity contribution in [2.45, 2.75) is 19.2 Å². The first-order valence-corrected chi connectivity index (χ1v) is 7.04. The number of carbonyl (C=O) groups excluding carboxylic acids is 1. The van der Waals surface area contributed by atoms with Crippen molar-refractivity contribution in [3.8, 4) is 5.75 Å². The van der Waals surface area contributed by atoms with Gasteiger partial charge in [0, 0.05) is 36.6 Å². The first-order valence-electron chi connectivity index (χ1n) is 7.04. The second-order valence-corrected chi connectivity index (χ2v) is 5.10. The van der Waals surface area contributed by atoms with Crippen molar-refractivity contribution in [3.63, 3.8) is 0 Å². The normalized spacial score (nSPS) is 11.6. The van der Waals surface area contributed by atoms with Gasteiger partial charge in [0.2, 0.25) is 0 Å². The molecule has 0 amide bonds. The summed E-state index contributed by atoms with van der Waals surface area (Å²) in [4.78, 5) is 20.2. The topological polar surface area (TPSA) is 56.5 Å². The summed E-state index contributed by atoms with van der Waals surface area (Å²) in [6, 6.07) is 7.94. The molecule has 0 spiro atoms. The lowest BCUT2D eigenvalue weighted by atomic mass is 10.1. The number of aromatic nitrogens is 3. The van der Waals surface area contributed by atoms with E-state index in [1.165, 1.54) is 6.07 Å². The zero-order valence-corrected chi connectivity index (χ0v) is 12.3. The van der Waals surface area contributed by atoms with Gasteiger partial charge in [0.05, 0.1) is 6.20 Å². The summed E-state index contributed by atoms with van der Waals surface area (Å²) in [7, 11) is 0. The Bertz CT molecular complexity index is 857. The Morgan fingerprint density at radius 2 is 1.96 bits per heavy atom. The molecule has 0 N–H and O–H groups in total. The molecule has 3 aromatic rings. The van der Waals surface area contributed by atoms with Crippen LogP contribution < -0.4 is 4.74 Å². The number of pyridine rings is 2. The Balaban J connectivity index is 1.66. The number of rotatable bonds is 5. The number of imidazole rings is 1. The van der Waals surface area contributed by atoms with Gasteiger partial charge in [-0.1, -0.05) is 6.07 Å². The van der Waals surface area contributed by atoms with Gasteiger partial charge in [0.1, 0.15) is 17.2 Å². The Hall–Kier alpha value is -2.90. The zero-order valence-electron chi connectivity index (χ0n) is 12.3. The number of ketones is 1. The molecule has 0 aliphatic heterocycles. The standard InChI is InChI=1S/C16H12F3N3O2/c17-16(18,19)24-14-5-4-11(21-10-14)8-13(23)9-12-2-1-3-15-20-6-7-22(12)15/h1-7,10H,8-9H2. The molecule has 0 aliphatic rings. The molecule has 0 atom stereocenters. The highest BCUT2D eigenvalue weighted by molar-refractivity contribution is 5.82. The molecule has 0 fully saturated rings. The zero-order chi connectivity index (χ0) is 17.2. The number of halogens is 3. The molecule has 0 bridgehead atoms. The molecule has 5 nitrogen and oxygen atoms in total. The summed E-state index contributed by atoms with van der Waals surface area (Å²) in [6.07, 6.45) is -0.202. The maximum Gasteiger partial charge on any atom is 0.573 e. The molecule has 8 heteroatoms. The first-order chi connectivity index (χ1) is 11.4. The lowest BCUT2D eigenvalue weighted by Gasteiger charge is -2.09. The van der Waals surface area contributed by atoms with E-state index < -0.39 is 12.1 Å². The van der Waals surface area contributed by atoms with Gasteiger partial charge in [-0.15, -0.1) is 13.2 Å². The van der Waals surface area contributed by atoms with E-state index in [4.69, 9.17) is 0 Å². The number of alkyl halides is 3. The minimum Gasteiger partial charge on any atom is -0.404 e. The van der Waals surface area contributed by atoms with E-state index in [0.717, 1.165) is 23.6 Å². The van der Waals surface area contributed by atoms with Crippen LogP contribution in [0.3, 0.4) is 0 Å². The SMILES string of the molecule is O=C(Cc1ccc(OC(F)(F)F)cn1)Cc1cccc2nccn12. The minimum absolute atomic E-state index is 0.0252. The summed E-state index contributed by atoms with van der Waals surface area (Å²) >= 11 is 0.